The van der Waals surface area contributed by atoms with Gasteiger partial charge in [0.2, 0.25) is 5.75 Å². The molecule has 0 N–H and O–H groups in total. The van der Waals surface area contributed by atoms with Crippen LogP contribution in [-0.4, -0.2) is 44.1 Å². The normalized spacial score (nSPS) is 16.4. The van der Waals surface area contributed by atoms with E-state index in [9.17, 15) is 0 Å². The molecule has 0 aromatic heterocycles. The molecule has 5 nitrogen and oxygen atoms in total. The number of aryl methyl sites for hydroxylation is 2. The van der Waals surface area contributed by atoms with E-state index in [1.165, 1.54) is 11.1 Å². The Hall–Kier alpha value is -3.44. The summed E-state index contributed by atoms with van der Waals surface area (Å²) in [5, 5.41) is 0. The van der Waals surface area contributed by atoms with E-state index in [2.05, 4.69) is 58.4 Å². The van der Waals surface area contributed by atoms with E-state index in [1.54, 1.807) is 21.3 Å². The van der Waals surface area contributed by atoms with Gasteiger partial charge in [0.05, 0.1) is 33.6 Å². The maximum absolute atomic E-state index is 6.41. The molecule has 0 saturated carbocycles. The number of hydrogen-bond donors (Lipinski definition) is 0. The summed E-state index contributed by atoms with van der Waals surface area (Å²) in [6, 6.07) is 21.1. The van der Waals surface area contributed by atoms with Crippen LogP contribution < -0.4 is 14.2 Å². The molecular weight excluding hydrogens is 448 g/mol. The predicted octanol–water partition coefficient (Wildman–Crippen LogP) is 5.64. The van der Waals surface area contributed by atoms with Crippen molar-refractivity contribution in [1.82, 2.24) is 4.90 Å². The van der Waals surface area contributed by atoms with Gasteiger partial charge in [-0.2, -0.15) is 0 Å². The van der Waals surface area contributed by atoms with Crippen molar-refractivity contribution in [3.8, 4) is 17.2 Å². The van der Waals surface area contributed by atoms with Crippen molar-refractivity contribution in [1.29, 1.82) is 0 Å². The highest BCUT2D eigenvalue weighted by Gasteiger charge is 2.32. The lowest BCUT2D eigenvalue weighted by Crippen LogP contribution is -2.30. The molecule has 2 heterocycles. The Morgan fingerprint density at radius 3 is 2.24 bits per heavy atom. The summed E-state index contributed by atoms with van der Waals surface area (Å²) in [4.78, 5) is 6.91. The molecule has 0 aliphatic carbocycles. The van der Waals surface area contributed by atoms with Crippen molar-refractivity contribution in [3.05, 3.63) is 88.5 Å². The van der Waals surface area contributed by atoms with Gasteiger partial charge >= 0.3 is 0 Å². The molecular formula is C28H27ClN2O3. The fourth-order valence-electron chi connectivity index (χ4n) is 4.61. The van der Waals surface area contributed by atoms with E-state index >= 15 is 0 Å². The minimum Gasteiger partial charge on any atom is -0.493 e. The maximum Gasteiger partial charge on any atom is 0.203 e. The average molecular weight is 475 g/mol. The molecule has 2 aliphatic heterocycles. The second-order valence-corrected chi connectivity index (χ2v) is 8.85. The van der Waals surface area contributed by atoms with Gasteiger partial charge in [-0.1, -0.05) is 60.1 Å². The molecule has 3 aromatic rings. The Morgan fingerprint density at radius 2 is 1.56 bits per heavy atom. The summed E-state index contributed by atoms with van der Waals surface area (Å²) in [5.74, 6) is 2.93. The van der Waals surface area contributed by atoms with E-state index in [1.807, 2.05) is 18.2 Å². The smallest absolute Gasteiger partial charge is 0.203 e. The third-order valence-corrected chi connectivity index (χ3v) is 6.55. The number of ether oxygens (including phenoxy) is 3. The van der Waals surface area contributed by atoms with E-state index < -0.39 is 0 Å². The van der Waals surface area contributed by atoms with Crippen LogP contribution in [0.5, 0.6) is 17.2 Å². The minimum atomic E-state index is -0.234. The molecule has 0 saturated heterocycles. The summed E-state index contributed by atoms with van der Waals surface area (Å²) in [6.45, 7) is 0.680. The first-order chi connectivity index (χ1) is 16.6. The van der Waals surface area contributed by atoms with Crippen LogP contribution in [-0.2, 0) is 12.8 Å². The molecule has 1 unspecified atom stereocenters. The van der Waals surface area contributed by atoms with E-state index in [4.69, 9.17) is 25.8 Å². The Labute approximate surface area is 205 Å². The Morgan fingerprint density at radius 1 is 0.882 bits per heavy atom. The standard InChI is InChI=1S/C28H27ClN2O3/c1-32-24-14-19(15-25(33-2)27(24)34-3)9-8-18-10-12-20(13-11-18)23-16-21-6-4-5-7-22(21)28-30-26(29)17-31(23)28/h4-7,10-16,26H,8-9,17H2,1-3H3. The van der Waals surface area contributed by atoms with Crippen molar-refractivity contribution in [2.45, 2.75) is 18.3 Å². The second kappa shape index (κ2) is 9.43. The van der Waals surface area contributed by atoms with Gasteiger partial charge in [0.25, 0.3) is 0 Å². The highest BCUT2D eigenvalue weighted by molar-refractivity contribution is 6.24. The van der Waals surface area contributed by atoms with Crippen LogP contribution >= 0.6 is 11.6 Å². The SMILES string of the molecule is COc1cc(CCc2ccc(C3=Cc4ccccc4C4=NC(Cl)CN34)cc2)cc(OC)c1OC. The molecule has 174 valence electrons. The van der Waals surface area contributed by atoms with Crippen LogP contribution in [0.4, 0.5) is 0 Å². The third kappa shape index (κ3) is 4.12. The lowest BCUT2D eigenvalue weighted by Gasteiger charge is -2.29. The predicted molar refractivity (Wildman–Crippen MR) is 137 cm³/mol. The van der Waals surface area contributed by atoms with Crippen molar-refractivity contribution in [2.75, 3.05) is 27.9 Å². The Kier molecular flexibility index (Phi) is 6.20. The second-order valence-electron chi connectivity index (χ2n) is 8.35. The number of alkyl halides is 1. The molecule has 0 bridgehead atoms. The zero-order valence-electron chi connectivity index (χ0n) is 19.5. The van der Waals surface area contributed by atoms with Crippen LogP contribution in [0.15, 0.2) is 65.7 Å². The quantitative estimate of drug-likeness (QED) is 0.328. The Balaban J connectivity index is 1.36. The number of methoxy groups -OCH3 is 3. The average Bonchev–Trinajstić information content (AvgIpc) is 3.28. The number of fused-ring (bicyclic) bond motifs is 3. The van der Waals surface area contributed by atoms with Gasteiger partial charge in [-0.3, -0.25) is 0 Å². The largest absolute Gasteiger partial charge is 0.493 e. The number of rotatable bonds is 7. The summed E-state index contributed by atoms with van der Waals surface area (Å²) in [7, 11) is 4.90. The van der Waals surface area contributed by atoms with Gasteiger partial charge < -0.3 is 19.1 Å². The first-order valence-electron chi connectivity index (χ1n) is 11.3. The van der Waals surface area contributed by atoms with Crippen LogP contribution in [0.2, 0.25) is 0 Å². The van der Waals surface area contributed by atoms with E-state index in [-0.39, 0.29) is 5.50 Å². The monoisotopic (exact) mass is 474 g/mol. The molecule has 0 radical (unpaired) electrons. The fourth-order valence-corrected chi connectivity index (χ4v) is 4.84. The molecule has 1 atom stereocenters. The van der Waals surface area contributed by atoms with Gasteiger partial charge in [0, 0.05) is 5.56 Å². The highest BCUT2D eigenvalue weighted by Crippen LogP contribution is 2.39. The third-order valence-electron chi connectivity index (χ3n) is 6.31. The summed E-state index contributed by atoms with van der Waals surface area (Å²) < 4.78 is 16.4. The van der Waals surface area contributed by atoms with Gasteiger partial charge in [-0.15, -0.1) is 0 Å². The van der Waals surface area contributed by atoms with E-state index in [0.717, 1.165) is 41.1 Å². The zero-order chi connectivity index (χ0) is 23.7. The van der Waals surface area contributed by atoms with Crippen LogP contribution in [0, 0.1) is 0 Å². The fraction of sp³-hybridized carbons (Fsp3) is 0.250. The number of benzene rings is 3. The molecule has 6 heteroatoms. The van der Waals surface area contributed by atoms with E-state index in [0.29, 0.717) is 23.8 Å². The number of aliphatic imine (C=N–C) groups is 1. The first kappa shape index (κ1) is 22.4. The minimum absolute atomic E-state index is 0.234. The number of amidine groups is 1. The van der Waals surface area contributed by atoms with Gasteiger partial charge in [0.15, 0.2) is 11.5 Å². The van der Waals surface area contributed by atoms with Crippen molar-refractivity contribution in [2.24, 2.45) is 4.99 Å². The molecule has 3 aromatic carbocycles. The van der Waals surface area contributed by atoms with Crippen molar-refractivity contribution in [3.63, 3.8) is 0 Å². The van der Waals surface area contributed by atoms with Crippen LogP contribution in [0.3, 0.4) is 0 Å². The molecule has 0 spiro atoms. The van der Waals surface area contributed by atoms with Crippen molar-refractivity contribution >= 4 is 29.2 Å². The van der Waals surface area contributed by atoms with Gasteiger partial charge in [-0.05, 0) is 53.3 Å². The van der Waals surface area contributed by atoms with Crippen LogP contribution in [0.25, 0.3) is 11.8 Å². The molecule has 2 aliphatic rings. The molecule has 5 rings (SSSR count). The van der Waals surface area contributed by atoms with Crippen LogP contribution in [0.1, 0.15) is 27.8 Å². The first-order valence-corrected chi connectivity index (χ1v) is 11.7. The topological polar surface area (TPSA) is 43.3 Å². The number of halogens is 1. The van der Waals surface area contributed by atoms with Gasteiger partial charge in [-0.25, -0.2) is 4.99 Å². The van der Waals surface area contributed by atoms with Gasteiger partial charge in [0.1, 0.15) is 11.3 Å². The summed E-state index contributed by atoms with van der Waals surface area (Å²) in [6.07, 6.45) is 4.00. The molecule has 0 fully saturated rings. The lowest BCUT2D eigenvalue weighted by molar-refractivity contribution is 0.324. The maximum atomic E-state index is 6.41. The lowest BCUT2D eigenvalue weighted by atomic mass is 9.96. The zero-order valence-corrected chi connectivity index (χ0v) is 20.3. The number of hydrogen-bond acceptors (Lipinski definition) is 5. The summed E-state index contributed by atoms with van der Waals surface area (Å²) in [5.41, 5.74) is 6.76. The van der Waals surface area contributed by atoms with Crippen molar-refractivity contribution < 1.29 is 14.2 Å². The molecule has 0 amide bonds. The Bertz CT molecular complexity index is 1240. The highest BCUT2D eigenvalue weighted by atomic mass is 35.5. The number of nitrogens with zero attached hydrogens (tertiary/aromatic N) is 2. The molecule has 34 heavy (non-hydrogen) atoms. The summed E-state index contributed by atoms with van der Waals surface area (Å²) >= 11 is 6.41.